The normalized spacial score (nSPS) is 35.0. The first-order chi connectivity index (χ1) is 14.6. The van der Waals surface area contributed by atoms with Crippen LogP contribution in [0.3, 0.4) is 0 Å². The maximum absolute atomic E-state index is 12.6. The van der Waals surface area contributed by atoms with E-state index in [-0.39, 0.29) is 12.1 Å². The number of rotatable bonds is 4. The predicted octanol–water partition coefficient (Wildman–Crippen LogP) is 3.05. The van der Waals surface area contributed by atoms with Gasteiger partial charge in [0.05, 0.1) is 6.61 Å². The summed E-state index contributed by atoms with van der Waals surface area (Å²) in [6.07, 6.45) is 10.5. The van der Waals surface area contributed by atoms with Crippen molar-refractivity contribution in [3.63, 3.8) is 0 Å². The van der Waals surface area contributed by atoms with Crippen molar-refractivity contribution < 1.29 is 14.3 Å². The Morgan fingerprint density at radius 3 is 2.50 bits per heavy atom. The lowest BCUT2D eigenvalue weighted by Gasteiger charge is -2.52. The molecule has 1 N–H and O–H groups in total. The van der Waals surface area contributed by atoms with Crippen molar-refractivity contribution in [3.05, 3.63) is 0 Å². The molecule has 3 saturated heterocycles. The molecule has 5 fully saturated rings. The van der Waals surface area contributed by atoms with E-state index >= 15 is 0 Å². The highest BCUT2D eigenvalue weighted by molar-refractivity contribution is 5.75. The summed E-state index contributed by atoms with van der Waals surface area (Å²) in [6, 6.07) is 1.77. The van der Waals surface area contributed by atoms with Gasteiger partial charge >= 0.3 is 12.1 Å². The van der Waals surface area contributed by atoms with E-state index in [0.29, 0.717) is 36.1 Å². The van der Waals surface area contributed by atoms with Crippen molar-refractivity contribution in [3.8, 4) is 0 Å². The molecule has 0 bridgehead atoms. The molecular formula is C23H38N4O3. The van der Waals surface area contributed by atoms with E-state index in [1.807, 2.05) is 11.8 Å². The Bertz CT molecular complexity index is 653. The lowest BCUT2D eigenvalue weighted by atomic mass is 9.64. The average Bonchev–Trinajstić information content (AvgIpc) is 3.22. The molecule has 30 heavy (non-hydrogen) atoms. The molecule has 1 atom stereocenters. The van der Waals surface area contributed by atoms with Crippen LogP contribution in [0.25, 0.3) is 0 Å². The molecule has 2 saturated carbocycles. The standard InChI is InChI=1S/C23H38N4O3/c1-2-30-22(29)26-13-9-23(16-26)14-19(15-23)25-11-7-17(8-12-25)20-4-3-10-27(20)21(28)24-18-5-6-18/h17-20H,2-16H2,1H3,(H,24,28)/t19?,20-,23?/m0/s1. The lowest BCUT2D eigenvalue weighted by Crippen LogP contribution is -2.55. The van der Waals surface area contributed by atoms with Crippen molar-refractivity contribution in [2.75, 3.05) is 39.3 Å². The van der Waals surface area contributed by atoms with Crippen molar-refractivity contribution >= 4 is 12.1 Å². The number of nitrogens with one attached hydrogen (secondary N) is 1. The monoisotopic (exact) mass is 418 g/mol. The second kappa shape index (κ2) is 8.21. The molecule has 5 rings (SSSR count). The summed E-state index contributed by atoms with van der Waals surface area (Å²) in [5, 5.41) is 3.20. The van der Waals surface area contributed by atoms with Gasteiger partial charge < -0.3 is 24.8 Å². The first-order valence-corrected chi connectivity index (χ1v) is 12.3. The third kappa shape index (κ3) is 4.02. The molecule has 5 aliphatic rings. The smallest absolute Gasteiger partial charge is 0.409 e. The molecule has 7 nitrogen and oxygen atoms in total. The van der Waals surface area contributed by atoms with Gasteiger partial charge in [-0.1, -0.05) is 0 Å². The fourth-order valence-corrected chi connectivity index (χ4v) is 6.53. The molecule has 168 valence electrons. The number of ether oxygens (including phenoxy) is 1. The Kier molecular flexibility index (Phi) is 5.58. The molecular weight excluding hydrogens is 380 g/mol. The van der Waals surface area contributed by atoms with E-state index < -0.39 is 0 Å². The van der Waals surface area contributed by atoms with E-state index in [4.69, 9.17) is 4.74 Å². The molecule has 3 aliphatic heterocycles. The molecule has 0 radical (unpaired) electrons. The second-order valence-electron chi connectivity index (χ2n) is 10.4. The van der Waals surface area contributed by atoms with E-state index in [9.17, 15) is 9.59 Å². The van der Waals surface area contributed by atoms with E-state index in [1.54, 1.807) is 0 Å². The van der Waals surface area contributed by atoms with Crippen molar-refractivity contribution in [2.24, 2.45) is 11.3 Å². The maximum atomic E-state index is 12.6. The van der Waals surface area contributed by atoms with E-state index in [1.165, 1.54) is 45.2 Å². The van der Waals surface area contributed by atoms with Crippen molar-refractivity contribution in [1.29, 1.82) is 0 Å². The average molecular weight is 419 g/mol. The van der Waals surface area contributed by atoms with Crippen LogP contribution < -0.4 is 5.32 Å². The quantitative estimate of drug-likeness (QED) is 0.762. The van der Waals surface area contributed by atoms with Crippen LogP contribution in [0.2, 0.25) is 0 Å². The minimum absolute atomic E-state index is 0.134. The molecule has 1 spiro atoms. The molecule has 7 heteroatoms. The second-order valence-corrected chi connectivity index (χ2v) is 10.4. The third-order valence-electron chi connectivity index (χ3n) is 8.40. The Morgan fingerprint density at radius 2 is 1.80 bits per heavy atom. The number of nitrogens with zero attached hydrogens (tertiary/aromatic N) is 3. The van der Waals surface area contributed by atoms with Gasteiger partial charge in [-0.05, 0) is 89.1 Å². The number of hydrogen-bond donors (Lipinski definition) is 1. The Hall–Kier alpha value is -1.50. The van der Waals surface area contributed by atoms with Gasteiger partial charge in [-0.2, -0.15) is 0 Å². The predicted molar refractivity (Wildman–Crippen MR) is 114 cm³/mol. The van der Waals surface area contributed by atoms with Gasteiger partial charge in [0.25, 0.3) is 0 Å². The molecule has 0 aromatic rings. The third-order valence-corrected chi connectivity index (χ3v) is 8.40. The number of urea groups is 1. The number of piperidine rings is 1. The number of carbonyl (C=O) groups excluding carboxylic acids is 2. The summed E-state index contributed by atoms with van der Waals surface area (Å²) in [5.41, 5.74) is 0.345. The topological polar surface area (TPSA) is 65.1 Å². The first kappa shape index (κ1) is 20.4. The summed E-state index contributed by atoms with van der Waals surface area (Å²) in [4.78, 5) is 31.4. The van der Waals surface area contributed by atoms with Gasteiger partial charge in [0.2, 0.25) is 0 Å². The van der Waals surface area contributed by atoms with Gasteiger partial charge in [0, 0.05) is 37.8 Å². The molecule has 0 aromatic heterocycles. The van der Waals surface area contributed by atoms with Crippen LogP contribution in [0.5, 0.6) is 0 Å². The number of amides is 3. The van der Waals surface area contributed by atoms with Crippen LogP contribution in [0, 0.1) is 11.3 Å². The first-order valence-electron chi connectivity index (χ1n) is 12.3. The van der Waals surface area contributed by atoms with Crippen LogP contribution in [-0.4, -0.2) is 84.3 Å². The number of hydrogen-bond acceptors (Lipinski definition) is 4. The van der Waals surface area contributed by atoms with Gasteiger partial charge in [-0.25, -0.2) is 9.59 Å². The summed E-state index contributed by atoms with van der Waals surface area (Å²) in [5.74, 6) is 0.661. The minimum atomic E-state index is -0.134. The Labute approximate surface area is 180 Å². The van der Waals surface area contributed by atoms with Gasteiger partial charge in [0.1, 0.15) is 0 Å². The largest absolute Gasteiger partial charge is 0.450 e. The van der Waals surface area contributed by atoms with E-state index in [0.717, 1.165) is 45.3 Å². The lowest BCUT2D eigenvalue weighted by molar-refractivity contribution is -0.0144. The van der Waals surface area contributed by atoms with E-state index in [2.05, 4.69) is 15.1 Å². The Balaban J connectivity index is 1.07. The van der Waals surface area contributed by atoms with Gasteiger partial charge in [-0.3, -0.25) is 0 Å². The highest BCUT2D eigenvalue weighted by Crippen LogP contribution is 2.51. The molecule has 2 aliphatic carbocycles. The fraction of sp³-hybridized carbons (Fsp3) is 0.913. The highest BCUT2D eigenvalue weighted by atomic mass is 16.6. The maximum Gasteiger partial charge on any atom is 0.409 e. The summed E-state index contributed by atoms with van der Waals surface area (Å²) in [7, 11) is 0. The van der Waals surface area contributed by atoms with Crippen molar-refractivity contribution in [1.82, 2.24) is 20.0 Å². The molecule has 3 heterocycles. The molecule has 3 amide bonds. The number of carbonyl (C=O) groups is 2. The Morgan fingerprint density at radius 1 is 1.03 bits per heavy atom. The summed E-state index contributed by atoms with van der Waals surface area (Å²) >= 11 is 0. The van der Waals surface area contributed by atoms with Gasteiger partial charge in [-0.15, -0.1) is 0 Å². The van der Waals surface area contributed by atoms with Crippen molar-refractivity contribution in [2.45, 2.75) is 82.8 Å². The van der Waals surface area contributed by atoms with Crippen LogP contribution in [0.1, 0.15) is 64.7 Å². The van der Waals surface area contributed by atoms with Crippen LogP contribution in [0.15, 0.2) is 0 Å². The SMILES string of the molecule is CCOC(=O)N1CCC2(CC(N3CCC([C@@H]4CCCN4C(=O)NC4CC4)CC3)C2)C1. The van der Waals surface area contributed by atoms with Crippen LogP contribution in [0.4, 0.5) is 9.59 Å². The zero-order valence-electron chi connectivity index (χ0n) is 18.5. The van der Waals surface area contributed by atoms with Crippen LogP contribution in [-0.2, 0) is 4.74 Å². The highest BCUT2D eigenvalue weighted by Gasteiger charge is 2.51. The molecule has 0 unspecified atom stereocenters. The zero-order valence-corrected chi connectivity index (χ0v) is 18.5. The summed E-state index contributed by atoms with van der Waals surface area (Å²) < 4.78 is 5.19. The summed E-state index contributed by atoms with van der Waals surface area (Å²) in [6.45, 7) is 7.34. The van der Waals surface area contributed by atoms with Crippen LogP contribution >= 0.6 is 0 Å². The fourth-order valence-electron chi connectivity index (χ4n) is 6.53. The molecule has 0 aromatic carbocycles. The number of likely N-dealkylation sites (tertiary alicyclic amines) is 3. The zero-order chi connectivity index (χ0) is 20.7. The van der Waals surface area contributed by atoms with Gasteiger partial charge in [0.15, 0.2) is 0 Å². The minimum Gasteiger partial charge on any atom is -0.450 e.